The number of carbonyl (C=O) groups excluding carboxylic acids is 1. The van der Waals surface area contributed by atoms with Crippen molar-refractivity contribution >= 4 is 33.7 Å². The third-order valence-corrected chi connectivity index (χ3v) is 6.82. The van der Waals surface area contributed by atoms with Gasteiger partial charge in [-0.15, -0.1) is 0 Å². The minimum absolute atomic E-state index is 0.0293. The van der Waals surface area contributed by atoms with E-state index in [1.165, 1.54) is 6.08 Å². The number of allylic oxidation sites excluding steroid dienone is 1. The number of fused-ring (bicyclic) bond motifs is 1. The van der Waals surface area contributed by atoms with Gasteiger partial charge in [-0.25, -0.2) is 13.6 Å². The summed E-state index contributed by atoms with van der Waals surface area (Å²) in [4.78, 5) is 12.6. The summed E-state index contributed by atoms with van der Waals surface area (Å²) in [5.74, 6) is -0.798. The van der Waals surface area contributed by atoms with Crippen LogP contribution in [0.5, 0.6) is 0 Å². The zero-order chi connectivity index (χ0) is 21.3. The molecule has 2 aliphatic heterocycles. The predicted molar refractivity (Wildman–Crippen MR) is 114 cm³/mol. The first kappa shape index (κ1) is 21.0. The van der Waals surface area contributed by atoms with Gasteiger partial charge in [-0.1, -0.05) is 29.8 Å². The Balaban J connectivity index is 1.54. The van der Waals surface area contributed by atoms with Gasteiger partial charge in [-0.3, -0.25) is 9.80 Å². The minimum Gasteiger partial charge on any atom is -0.376 e. The highest BCUT2D eigenvalue weighted by Crippen LogP contribution is 2.33. The lowest BCUT2D eigenvalue weighted by molar-refractivity contribution is -0.119. The third kappa shape index (κ3) is 4.59. The van der Waals surface area contributed by atoms with Crippen molar-refractivity contribution in [3.63, 3.8) is 0 Å². The highest BCUT2D eigenvalue weighted by Gasteiger charge is 2.40. The van der Waals surface area contributed by atoms with Crippen molar-refractivity contribution in [2.45, 2.75) is 31.4 Å². The van der Waals surface area contributed by atoms with Gasteiger partial charge in [0, 0.05) is 23.5 Å². The van der Waals surface area contributed by atoms with Crippen LogP contribution in [-0.2, 0) is 26.0 Å². The van der Waals surface area contributed by atoms with E-state index in [9.17, 15) is 13.2 Å². The van der Waals surface area contributed by atoms with Gasteiger partial charge in [-0.05, 0) is 36.6 Å². The maximum Gasteiger partial charge on any atom is 0.235 e. The Kier molecular flexibility index (Phi) is 5.97. The molecule has 1 saturated heterocycles. The van der Waals surface area contributed by atoms with Gasteiger partial charge < -0.3 is 10.1 Å². The normalized spacial score (nSPS) is 25.7. The summed E-state index contributed by atoms with van der Waals surface area (Å²) < 4.78 is 30.1. The number of hydrazone groups is 1. The van der Waals surface area contributed by atoms with Crippen molar-refractivity contribution in [3.05, 3.63) is 57.6 Å². The second-order valence-electron chi connectivity index (χ2n) is 7.57. The van der Waals surface area contributed by atoms with E-state index in [4.69, 9.17) is 21.5 Å². The van der Waals surface area contributed by atoms with E-state index < -0.39 is 15.9 Å². The van der Waals surface area contributed by atoms with Crippen LogP contribution in [0.2, 0.25) is 5.02 Å². The summed E-state index contributed by atoms with van der Waals surface area (Å²) in [7, 11) is -3.97. The highest BCUT2D eigenvalue weighted by atomic mass is 35.5. The van der Waals surface area contributed by atoms with Crippen molar-refractivity contribution in [1.29, 1.82) is 0 Å². The second-order valence-corrected chi connectivity index (χ2v) is 9.54. The molecule has 8 nitrogen and oxygen atoms in total. The SMILES string of the molecule is NS(=O)(=O)C1=CC(NC(=O)Cc2ccccc2Cl)=CC2C1C=NN2CC1CCCO1. The molecule has 1 fully saturated rings. The molecule has 3 atom stereocenters. The maximum atomic E-state index is 12.6. The molecule has 0 bridgehead atoms. The van der Waals surface area contributed by atoms with Gasteiger partial charge in [0.1, 0.15) is 0 Å². The molecule has 30 heavy (non-hydrogen) atoms. The summed E-state index contributed by atoms with van der Waals surface area (Å²) in [5.41, 5.74) is 1.06. The highest BCUT2D eigenvalue weighted by molar-refractivity contribution is 7.93. The average Bonchev–Trinajstić information content (AvgIpc) is 3.33. The van der Waals surface area contributed by atoms with Crippen molar-refractivity contribution in [1.82, 2.24) is 10.3 Å². The lowest BCUT2D eigenvalue weighted by Crippen LogP contribution is -2.41. The largest absolute Gasteiger partial charge is 0.376 e. The van der Waals surface area contributed by atoms with Crippen molar-refractivity contribution in [2.24, 2.45) is 16.2 Å². The van der Waals surface area contributed by atoms with E-state index >= 15 is 0 Å². The van der Waals surface area contributed by atoms with E-state index in [0.717, 1.165) is 19.4 Å². The molecule has 3 unspecified atom stereocenters. The number of nitrogens with two attached hydrogens (primary N) is 1. The zero-order valence-corrected chi connectivity index (χ0v) is 17.8. The number of nitrogens with zero attached hydrogens (tertiary/aromatic N) is 2. The second kappa shape index (κ2) is 8.50. The van der Waals surface area contributed by atoms with E-state index in [0.29, 0.717) is 22.8 Å². The molecular weight excluding hydrogens is 428 g/mol. The first-order chi connectivity index (χ1) is 14.3. The summed E-state index contributed by atoms with van der Waals surface area (Å²) in [6.45, 7) is 1.27. The fourth-order valence-electron chi connectivity index (χ4n) is 3.96. The van der Waals surface area contributed by atoms with Crippen molar-refractivity contribution < 1.29 is 17.9 Å². The Bertz CT molecular complexity index is 1030. The van der Waals surface area contributed by atoms with Crippen LogP contribution >= 0.6 is 11.6 Å². The molecule has 3 N–H and O–H groups in total. The van der Waals surface area contributed by atoms with Crippen LogP contribution in [0.3, 0.4) is 0 Å². The average molecular weight is 451 g/mol. The number of rotatable bonds is 6. The molecular formula is C20H23ClN4O4S. The zero-order valence-electron chi connectivity index (χ0n) is 16.2. The molecule has 0 aromatic heterocycles. The van der Waals surface area contributed by atoms with Gasteiger partial charge >= 0.3 is 0 Å². The molecule has 0 saturated carbocycles. The Hall–Kier alpha value is -2.20. The van der Waals surface area contributed by atoms with E-state index in [1.807, 2.05) is 6.08 Å². The molecule has 1 aromatic rings. The van der Waals surface area contributed by atoms with Crippen LogP contribution in [-0.4, -0.2) is 50.8 Å². The molecule has 1 aliphatic carbocycles. The number of sulfonamides is 1. The number of primary sulfonamides is 1. The first-order valence-corrected chi connectivity index (χ1v) is 11.7. The number of ether oxygens (including phenoxy) is 1. The molecule has 1 aromatic carbocycles. The molecule has 3 aliphatic rings. The fourth-order valence-corrected chi connectivity index (χ4v) is 5.03. The lowest BCUT2D eigenvalue weighted by Gasteiger charge is -2.30. The van der Waals surface area contributed by atoms with Gasteiger partial charge in [0.25, 0.3) is 0 Å². The Morgan fingerprint density at radius 2 is 2.17 bits per heavy atom. The van der Waals surface area contributed by atoms with E-state index in [-0.39, 0.29) is 29.4 Å². The number of nitrogens with one attached hydrogen (secondary N) is 1. The Morgan fingerprint density at radius 1 is 1.37 bits per heavy atom. The molecule has 0 radical (unpaired) electrons. The Morgan fingerprint density at radius 3 is 2.87 bits per heavy atom. The number of carbonyl (C=O) groups is 1. The summed E-state index contributed by atoms with van der Waals surface area (Å²) in [6.07, 6.45) is 6.86. The van der Waals surface area contributed by atoms with Gasteiger partial charge in [0.2, 0.25) is 15.9 Å². The van der Waals surface area contributed by atoms with E-state index in [2.05, 4.69) is 10.4 Å². The molecule has 160 valence electrons. The smallest absolute Gasteiger partial charge is 0.235 e. The summed E-state index contributed by atoms with van der Waals surface area (Å²) >= 11 is 6.13. The summed E-state index contributed by atoms with van der Waals surface area (Å²) in [6, 6.07) is 6.72. The quantitative estimate of drug-likeness (QED) is 0.682. The molecule has 4 rings (SSSR count). The van der Waals surface area contributed by atoms with Crippen LogP contribution in [0.1, 0.15) is 18.4 Å². The summed E-state index contributed by atoms with van der Waals surface area (Å²) in [5, 5.41) is 14.9. The first-order valence-electron chi connectivity index (χ1n) is 9.73. The number of benzene rings is 1. The molecule has 2 heterocycles. The van der Waals surface area contributed by atoms with Gasteiger partial charge in [0.05, 0.1) is 35.9 Å². The predicted octanol–water partition coefficient (Wildman–Crippen LogP) is 1.53. The topological polar surface area (TPSA) is 114 Å². The van der Waals surface area contributed by atoms with Crippen molar-refractivity contribution in [3.8, 4) is 0 Å². The Labute approximate surface area is 180 Å². The fraction of sp³-hybridized carbons (Fsp3) is 0.400. The van der Waals surface area contributed by atoms with Crippen molar-refractivity contribution in [2.75, 3.05) is 13.2 Å². The van der Waals surface area contributed by atoms with Crippen LogP contribution in [0.15, 0.2) is 52.1 Å². The standard InChI is InChI=1S/C20H23ClN4O4S/c21-17-6-2-1-4-13(17)8-20(26)24-14-9-18-16(19(10-14)30(22,27)28)11-23-25(18)12-15-5-3-7-29-15/h1-2,4,6,9-11,15-16,18H,3,5,7-8,12H2,(H,24,26)(H2,22,27,28). The van der Waals surface area contributed by atoms with Crippen LogP contribution < -0.4 is 10.5 Å². The lowest BCUT2D eigenvalue weighted by atomic mass is 9.94. The number of halogens is 1. The number of amides is 1. The van der Waals surface area contributed by atoms with E-state index in [1.54, 1.807) is 35.5 Å². The molecule has 10 heteroatoms. The monoisotopic (exact) mass is 450 g/mol. The number of hydrogen-bond acceptors (Lipinski definition) is 6. The van der Waals surface area contributed by atoms with Crippen LogP contribution in [0, 0.1) is 5.92 Å². The van der Waals surface area contributed by atoms with Gasteiger partial charge in [-0.2, -0.15) is 5.10 Å². The molecule has 0 spiro atoms. The third-order valence-electron chi connectivity index (χ3n) is 5.40. The molecule has 1 amide bonds. The minimum atomic E-state index is -3.97. The van der Waals surface area contributed by atoms with Gasteiger partial charge in [0.15, 0.2) is 0 Å². The number of hydrogen-bond donors (Lipinski definition) is 2. The maximum absolute atomic E-state index is 12.6. The van der Waals surface area contributed by atoms with Crippen LogP contribution in [0.25, 0.3) is 0 Å². The van der Waals surface area contributed by atoms with Crippen LogP contribution in [0.4, 0.5) is 0 Å².